The summed E-state index contributed by atoms with van der Waals surface area (Å²) in [5.41, 5.74) is 0.611. The molecule has 0 atom stereocenters. The van der Waals surface area contributed by atoms with Gasteiger partial charge in [0.15, 0.2) is 0 Å². The number of methoxy groups -OCH3 is 1. The molecule has 0 heterocycles. The van der Waals surface area contributed by atoms with Crippen molar-refractivity contribution in [3.05, 3.63) is 24.3 Å². The highest BCUT2D eigenvalue weighted by Crippen LogP contribution is 2.36. The van der Waals surface area contributed by atoms with Gasteiger partial charge in [-0.2, -0.15) is 5.26 Å². The molecule has 1 aliphatic carbocycles. The minimum atomic E-state index is -0.390. The highest BCUT2D eigenvalue weighted by Gasteiger charge is 2.35. The molecule has 0 amide bonds. The van der Waals surface area contributed by atoms with E-state index in [1.807, 2.05) is 24.3 Å². The van der Waals surface area contributed by atoms with E-state index in [1.165, 1.54) is 12.8 Å². The van der Waals surface area contributed by atoms with Crippen molar-refractivity contribution >= 4 is 5.69 Å². The summed E-state index contributed by atoms with van der Waals surface area (Å²) in [7, 11) is 1.66. The predicted octanol–water partition coefficient (Wildman–Crippen LogP) is 4.36. The van der Waals surface area contributed by atoms with Crippen LogP contribution in [0, 0.1) is 17.2 Å². The normalized spacial score (nSPS) is 25.8. The van der Waals surface area contributed by atoms with Crippen LogP contribution in [0.25, 0.3) is 0 Å². The maximum Gasteiger partial charge on any atom is 0.125 e. The monoisotopic (exact) mass is 272 g/mol. The minimum absolute atomic E-state index is 0.390. The number of anilines is 1. The molecule has 0 unspecified atom stereocenters. The van der Waals surface area contributed by atoms with Gasteiger partial charge in [0.2, 0.25) is 0 Å². The molecular formula is C17H24N2O. The summed E-state index contributed by atoms with van der Waals surface area (Å²) in [6, 6.07) is 10.3. The molecule has 0 aromatic heterocycles. The van der Waals surface area contributed by atoms with Crippen LogP contribution in [0.2, 0.25) is 0 Å². The van der Waals surface area contributed by atoms with E-state index in [2.05, 4.69) is 18.3 Å². The number of nitrogens with zero attached hydrogens (tertiary/aromatic N) is 1. The van der Waals surface area contributed by atoms with Crippen molar-refractivity contribution in [3.63, 3.8) is 0 Å². The fraction of sp³-hybridized carbons (Fsp3) is 0.588. The van der Waals surface area contributed by atoms with Crippen molar-refractivity contribution < 1.29 is 4.74 Å². The van der Waals surface area contributed by atoms with Gasteiger partial charge in [-0.3, -0.25) is 0 Å². The summed E-state index contributed by atoms with van der Waals surface area (Å²) in [6.45, 7) is 2.24. The van der Waals surface area contributed by atoms with Crippen molar-refractivity contribution in [2.75, 3.05) is 12.4 Å². The Morgan fingerprint density at radius 2 is 1.95 bits per heavy atom. The van der Waals surface area contributed by atoms with E-state index in [4.69, 9.17) is 4.74 Å². The Labute approximate surface area is 121 Å². The number of rotatable bonds is 5. The average Bonchev–Trinajstić information content (AvgIpc) is 2.50. The highest BCUT2D eigenvalue weighted by atomic mass is 16.5. The number of ether oxygens (including phenoxy) is 1. The van der Waals surface area contributed by atoms with Gasteiger partial charge in [0.1, 0.15) is 11.3 Å². The molecule has 1 aliphatic rings. The molecule has 20 heavy (non-hydrogen) atoms. The molecule has 0 bridgehead atoms. The van der Waals surface area contributed by atoms with Crippen molar-refractivity contribution in [2.24, 2.45) is 5.92 Å². The lowest BCUT2D eigenvalue weighted by Gasteiger charge is -2.36. The third kappa shape index (κ3) is 3.45. The quantitative estimate of drug-likeness (QED) is 0.866. The zero-order valence-electron chi connectivity index (χ0n) is 12.5. The Morgan fingerprint density at radius 1 is 1.30 bits per heavy atom. The molecule has 3 heteroatoms. The third-order valence-electron chi connectivity index (χ3n) is 4.34. The lowest BCUT2D eigenvalue weighted by atomic mass is 9.75. The summed E-state index contributed by atoms with van der Waals surface area (Å²) in [5, 5.41) is 13.0. The van der Waals surface area contributed by atoms with Gasteiger partial charge in [0, 0.05) is 5.69 Å². The van der Waals surface area contributed by atoms with Crippen molar-refractivity contribution in [3.8, 4) is 11.8 Å². The molecular weight excluding hydrogens is 248 g/mol. The molecule has 108 valence electrons. The lowest BCUT2D eigenvalue weighted by molar-refractivity contribution is 0.282. The second kappa shape index (κ2) is 6.65. The second-order valence-corrected chi connectivity index (χ2v) is 5.78. The topological polar surface area (TPSA) is 45.0 Å². The first-order valence-corrected chi connectivity index (χ1v) is 7.55. The third-order valence-corrected chi connectivity index (χ3v) is 4.34. The SMILES string of the molecule is CCCC1CCC(C#N)(Nc2ccc(OC)cc2)CC1. The highest BCUT2D eigenvalue weighted by molar-refractivity contribution is 5.50. The average molecular weight is 272 g/mol. The van der Waals surface area contributed by atoms with E-state index >= 15 is 0 Å². The molecule has 2 rings (SSSR count). The van der Waals surface area contributed by atoms with Crippen LogP contribution in [0.1, 0.15) is 45.4 Å². The van der Waals surface area contributed by atoms with Gasteiger partial charge >= 0.3 is 0 Å². The first-order chi connectivity index (χ1) is 9.71. The summed E-state index contributed by atoms with van der Waals surface area (Å²) in [4.78, 5) is 0. The fourth-order valence-electron chi connectivity index (χ4n) is 3.08. The van der Waals surface area contributed by atoms with Crippen molar-refractivity contribution in [1.82, 2.24) is 0 Å². The number of nitrogens with one attached hydrogen (secondary N) is 1. The van der Waals surface area contributed by atoms with Crippen molar-refractivity contribution in [2.45, 2.75) is 51.0 Å². The van der Waals surface area contributed by atoms with Crippen LogP contribution < -0.4 is 10.1 Å². The first kappa shape index (κ1) is 14.7. The molecule has 1 aromatic carbocycles. The molecule has 1 aromatic rings. The number of benzene rings is 1. The molecule has 1 fully saturated rings. The van der Waals surface area contributed by atoms with E-state index in [-0.39, 0.29) is 0 Å². The zero-order chi connectivity index (χ0) is 14.4. The second-order valence-electron chi connectivity index (χ2n) is 5.78. The largest absolute Gasteiger partial charge is 0.497 e. The van der Waals surface area contributed by atoms with E-state index in [0.717, 1.165) is 43.0 Å². The maximum atomic E-state index is 9.58. The van der Waals surface area contributed by atoms with Crippen LogP contribution in [-0.4, -0.2) is 12.6 Å². The van der Waals surface area contributed by atoms with Crippen LogP contribution in [0.15, 0.2) is 24.3 Å². The number of hydrogen-bond acceptors (Lipinski definition) is 3. The molecule has 0 spiro atoms. The van der Waals surface area contributed by atoms with Gasteiger partial charge in [-0.15, -0.1) is 0 Å². The van der Waals surface area contributed by atoms with Gasteiger partial charge in [0.25, 0.3) is 0 Å². The van der Waals surface area contributed by atoms with Crippen LogP contribution in [-0.2, 0) is 0 Å². The smallest absolute Gasteiger partial charge is 0.125 e. The summed E-state index contributed by atoms with van der Waals surface area (Å²) < 4.78 is 5.16. The minimum Gasteiger partial charge on any atom is -0.497 e. The summed E-state index contributed by atoms with van der Waals surface area (Å²) >= 11 is 0. The Morgan fingerprint density at radius 3 is 2.45 bits per heavy atom. The van der Waals surface area contributed by atoms with Crippen LogP contribution in [0.5, 0.6) is 5.75 Å². The summed E-state index contributed by atoms with van der Waals surface area (Å²) in [5.74, 6) is 1.65. The van der Waals surface area contributed by atoms with E-state index < -0.39 is 5.54 Å². The Hall–Kier alpha value is -1.69. The Kier molecular flexibility index (Phi) is 4.89. The van der Waals surface area contributed by atoms with Gasteiger partial charge in [-0.25, -0.2) is 0 Å². The van der Waals surface area contributed by atoms with E-state index in [0.29, 0.717) is 0 Å². The first-order valence-electron chi connectivity index (χ1n) is 7.55. The molecule has 0 radical (unpaired) electrons. The molecule has 0 aliphatic heterocycles. The van der Waals surface area contributed by atoms with E-state index in [9.17, 15) is 5.26 Å². The predicted molar refractivity (Wildman–Crippen MR) is 81.8 cm³/mol. The van der Waals surface area contributed by atoms with Gasteiger partial charge in [0.05, 0.1) is 13.2 Å². The fourth-order valence-corrected chi connectivity index (χ4v) is 3.08. The molecule has 1 N–H and O–H groups in total. The number of hydrogen-bond donors (Lipinski definition) is 1. The number of nitriles is 1. The Balaban J connectivity index is 2.00. The van der Waals surface area contributed by atoms with Gasteiger partial charge in [-0.05, 0) is 55.9 Å². The van der Waals surface area contributed by atoms with Crippen molar-refractivity contribution in [1.29, 1.82) is 5.26 Å². The molecule has 1 saturated carbocycles. The van der Waals surface area contributed by atoms with Crippen LogP contribution in [0.3, 0.4) is 0 Å². The van der Waals surface area contributed by atoms with Gasteiger partial charge in [-0.1, -0.05) is 19.8 Å². The zero-order valence-corrected chi connectivity index (χ0v) is 12.5. The standard InChI is InChI=1S/C17H24N2O/c1-3-4-14-9-11-17(13-18,12-10-14)19-15-5-7-16(20-2)8-6-15/h5-8,14,19H,3-4,9-12H2,1-2H3. The molecule has 3 nitrogen and oxygen atoms in total. The van der Waals surface area contributed by atoms with Crippen LogP contribution >= 0.6 is 0 Å². The van der Waals surface area contributed by atoms with E-state index in [1.54, 1.807) is 7.11 Å². The molecule has 0 saturated heterocycles. The lowest BCUT2D eigenvalue weighted by Crippen LogP contribution is -2.40. The maximum absolute atomic E-state index is 9.58. The Bertz CT molecular complexity index is 453. The van der Waals surface area contributed by atoms with Gasteiger partial charge < -0.3 is 10.1 Å². The van der Waals surface area contributed by atoms with Crippen LogP contribution in [0.4, 0.5) is 5.69 Å². The summed E-state index contributed by atoms with van der Waals surface area (Å²) in [6.07, 6.45) is 6.75.